The van der Waals surface area contributed by atoms with Crippen LogP contribution in [-0.4, -0.2) is 56.0 Å². The van der Waals surface area contributed by atoms with Crippen LogP contribution < -0.4 is 0 Å². The van der Waals surface area contributed by atoms with E-state index in [-0.39, 0.29) is 17.4 Å². The molecule has 29 heavy (non-hydrogen) atoms. The van der Waals surface area contributed by atoms with Gasteiger partial charge in [0.15, 0.2) is 0 Å². The molecule has 0 N–H and O–H groups in total. The Labute approximate surface area is 182 Å². The van der Waals surface area contributed by atoms with Crippen LogP contribution in [0.2, 0.25) is 5.02 Å². The van der Waals surface area contributed by atoms with Crippen molar-refractivity contribution in [3.8, 4) is 0 Å². The Balaban J connectivity index is 1.44. The highest BCUT2D eigenvalue weighted by molar-refractivity contribution is 7.10. The number of hydrogen-bond acceptors (Lipinski definition) is 4. The molecule has 2 aromatic rings. The number of rotatable bonds is 5. The molecule has 1 fully saturated rings. The van der Waals surface area contributed by atoms with Crippen LogP contribution in [0.4, 0.5) is 0 Å². The molecule has 2 aliphatic rings. The number of likely N-dealkylation sites (tertiary alicyclic amines) is 1. The van der Waals surface area contributed by atoms with Crippen LogP contribution in [0.3, 0.4) is 0 Å². The standard InChI is InChI=1S/C23H29ClN2O2S/c1-25(2)22(27)19(15-18-5-3-4-6-20(18)24)16-26-11-9-23(10-12-26)21-17(7-13-28-23)8-14-29-21/h3-6,8,14,19H,7,9-13,15-16H2,1-2H3/t19-/m0/s1. The number of amides is 1. The van der Waals surface area contributed by atoms with Gasteiger partial charge in [0.2, 0.25) is 5.91 Å². The Bertz CT molecular complexity index is 858. The topological polar surface area (TPSA) is 32.8 Å². The van der Waals surface area contributed by atoms with Crippen molar-refractivity contribution >= 4 is 28.8 Å². The molecule has 4 rings (SSSR count). The van der Waals surface area contributed by atoms with Gasteiger partial charge in [0.1, 0.15) is 5.60 Å². The lowest BCUT2D eigenvalue weighted by atomic mass is 9.85. The molecule has 6 heteroatoms. The second-order valence-electron chi connectivity index (χ2n) is 8.39. The second kappa shape index (κ2) is 8.76. The maximum Gasteiger partial charge on any atom is 0.226 e. The fourth-order valence-corrected chi connectivity index (χ4v) is 6.04. The number of fused-ring (bicyclic) bond motifs is 2. The summed E-state index contributed by atoms with van der Waals surface area (Å²) in [4.78, 5) is 18.5. The van der Waals surface area contributed by atoms with Crippen LogP contribution in [0.15, 0.2) is 35.7 Å². The molecular weight excluding hydrogens is 404 g/mol. The number of carbonyl (C=O) groups excluding carboxylic acids is 1. The van der Waals surface area contributed by atoms with Gasteiger partial charge >= 0.3 is 0 Å². The van der Waals surface area contributed by atoms with Crippen molar-refractivity contribution in [2.75, 3.05) is 40.3 Å². The summed E-state index contributed by atoms with van der Waals surface area (Å²) in [5.74, 6) is 0.0724. The van der Waals surface area contributed by atoms with E-state index in [0.717, 1.165) is 56.1 Å². The monoisotopic (exact) mass is 432 g/mol. The van der Waals surface area contributed by atoms with Crippen molar-refractivity contribution in [1.29, 1.82) is 0 Å². The summed E-state index contributed by atoms with van der Waals surface area (Å²) in [7, 11) is 3.67. The molecule has 0 radical (unpaired) electrons. The summed E-state index contributed by atoms with van der Waals surface area (Å²) in [6.07, 6.45) is 3.69. The van der Waals surface area contributed by atoms with Crippen molar-refractivity contribution in [2.24, 2.45) is 5.92 Å². The van der Waals surface area contributed by atoms with Gasteiger partial charge in [-0.05, 0) is 54.3 Å². The van der Waals surface area contributed by atoms with Gasteiger partial charge in [-0.15, -0.1) is 11.3 Å². The van der Waals surface area contributed by atoms with Gasteiger partial charge in [-0.2, -0.15) is 0 Å². The molecule has 1 saturated heterocycles. The fourth-order valence-electron chi connectivity index (χ4n) is 4.66. The minimum Gasteiger partial charge on any atom is -0.369 e. The molecule has 0 saturated carbocycles. The molecule has 156 valence electrons. The number of halogens is 1. The summed E-state index contributed by atoms with van der Waals surface area (Å²) in [6, 6.07) is 10.1. The predicted octanol–water partition coefficient (Wildman–Crippen LogP) is 4.21. The van der Waals surface area contributed by atoms with E-state index in [1.165, 1.54) is 10.4 Å². The molecule has 0 aliphatic carbocycles. The first-order chi connectivity index (χ1) is 14.0. The third kappa shape index (κ3) is 4.38. The van der Waals surface area contributed by atoms with Crippen molar-refractivity contribution in [1.82, 2.24) is 9.80 Å². The third-order valence-corrected chi connectivity index (χ3v) is 7.78. The SMILES string of the molecule is CN(C)C(=O)[C@@H](Cc1ccccc1Cl)CN1CCC2(CC1)OCCc1ccsc12. The third-order valence-electron chi connectivity index (χ3n) is 6.27. The average molecular weight is 433 g/mol. The zero-order valence-corrected chi connectivity index (χ0v) is 18.8. The summed E-state index contributed by atoms with van der Waals surface area (Å²) in [5.41, 5.74) is 2.40. The van der Waals surface area contributed by atoms with Crippen molar-refractivity contribution in [3.05, 3.63) is 56.7 Å². The molecule has 1 spiro atoms. The van der Waals surface area contributed by atoms with E-state index in [9.17, 15) is 4.79 Å². The molecule has 1 aromatic carbocycles. The Morgan fingerprint density at radius 3 is 2.76 bits per heavy atom. The zero-order chi connectivity index (χ0) is 20.4. The summed E-state index contributed by atoms with van der Waals surface area (Å²) in [5, 5.41) is 2.94. The Kier molecular flexibility index (Phi) is 6.30. The van der Waals surface area contributed by atoms with E-state index < -0.39 is 0 Å². The highest BCUT2D eigenvalue weighted by Gasteiger charge is 2.42. The lowest BCUT2D eigenvalue weighted by Crippen LogP contribution is -2.48. The van der Waals surface area contributed by atoms with Gasteiger partial charge in [-0.25, -0.2) is 0 Å². The smallest absolute Gasteiger partial charge is 0.226 e. The lowest BCUT2D eigenvalue weighted by molar-refractivity contribution is -0.134. The summed E-state index contributed by atoms with van der Waals surface area (Å²) in [6.45, 7) is 3.49. The highest BCUT2D eigenvalue weighted by atomic mass is 35.5. The fraction of sp³-hybridized carbons (Fsp3) is 0.522. The predicted molar refractivity (Wildman–Crippen MR) is 119 cm³/mol. The molecule has 0 unspecified atom stereocenters. The normalized spacial score (nSPS) is 19.7. The van der Waals surface area contributed by atoms with E-state index in [1.807, 2.05) is 49.7 Å². The van der Waals surface area contributed by atoms with E-state index in [1.54, 1.807) is 4.90 Å². The van der Waals surface area contributed by atoms with Crippen LogP contribution in [0.1, 0.15) is 28.8 Å². The molecule has 1 amide bonds. The number of nitrogens with zero attached hydrogens (tertiary/aromatic N) is 2. The number of carbonyl (C=O) groups is 1. The first kappa shape index (κ1) is 20.9. The molecule has 4 nitrogen and oxygen atoms in total. The quantitative estimate of drug-likeness (QED) is 0.709. The van der Waals surface area contributed by atoms with Gasteiger partial charge in [0.05, 0.1) is 12.5 Å². The van der Waals surface area contributed by atoms with Crippen LogP contribution in [0.5, 0.6) is 0 Å². The van der Waals surface area contributed by atoms with Crippen LogP contribution >= 0.6 is 22.9 Å². The second-order valence-corrected chi connectivity index (χ2v) is 9.72. The minimum atomic E-state index is -0.109. The van der Waals surface area contributed by atoms with Crippen LogP contribution in [0.25, 0.3) is 0 Å². The van der Waals surface area contributed by atoms with Gasteiger partial charge in [-0.3, -0.25) is 4.79 Å². The molecule has 2 aliphatic heterocycles. The Morgan fingerprint density at radius 2 is 2.03 bits per heavy atom. The van der Waals surface area contributed by atoms with E-state index in [0.29, 0.717) is 6.42 Å². The van der Waals surface area contributed by atoms with Crippen LogP contribution in [0, 0.1) is 5.92 Å². The minimum absolute atomic E-state index is 0.0940. The molecule has 0 bridgehead atoms. The maximum atomic E-state index is 12.9. The van der Waals surface area contributed by atoms with Crippen molar-refractivity contribution < 1.29 is 9.53 Å². The average Bonchev–Trinajstić information content (AvgIpc) is 3.21. The molecular formula is C23H29ClN2O2S. The molecule has 1 aromatic heterocycles. The van der Waals surface area contributed by atoms with Crippen LogP contribution in [-0.2, 0) is 28.0 Å². The van der Waals surface area contributed by atoms with Gasteiger partial charge in [0.25, 0.3) is 0 Å². The highest BCUT2D eigenvalue weighted by Crippen LogP contribution is 2.44. The van der Waals surface area contributed by atoms with Gasteiger partial charge < -0.3 is 14.5 Å². The number of piperidine rings is 1. The number of thiophene rings is 1. The maximum absolute atomic E-state index is 12.9. The summed E-state index contributed by atoms with van der Waals surface area (Å²) < 4.78 is 6.33. The largest absolute Gasteiger partial charge is 0.369 e. The molecule has 1 atom stereocenters. The first-order valence-electron chi connectivity index (χ1n) is 10.4. The Morgan fingerprint density at radius 1 is 1.28 bits per heavy atom. The summed E-state index contributed by atoms with van der Waals surface area (Å²) >= 11 is 8.22. The van der Waals surface area contributed by atoms with Crippen molar-refractivity contribution in [2.45, 2.75) is 31.3 Å². The van der Waals surface area contributed by atoms with Gasteiger partial charge in [0, 0.05) is 43.6 Å². The molecule has 3 heterocycles. The first-order valence-corrected chi connectivity index (χ1v) is 11.6. The number of ether oxygens (including phenoxy) is 1. The van der Waals surface area contributed by atoms with E-state index in [4.69, 9.17) is 16.3 Å². The van der Waals surface area contributed by atoms with E-state index in [2.05, 4.69) is 16.3 Å². The van der Waals surface area contributed by atoms with E-state index >= 15 is 0 Å². The number of benzene rings is 1. The van der Waals surface area contributed by atoms with Crippen molar-refractivity contribution in [3.63, 3.8) is 0 Å². The zero-order valence-electron chi connectivity index (χ0n) is 17.2. The number of hydrogen-bond donors (Lipinski definition) is 0. The lowest BCUT2D eigenvalue weighted by Gasteiger charge is -2.44. The van der Waals surface area contributed by atoms with Gasteiger partial charge in [-0.1, -0.05) is 29.8 Å². The Hall–Kier alpha value is -1.40.